The van der Waals surface area contributed by atoms with Crippen LogP contribution in [0, 0.1) is 29.6 Å². The van der Waals surface area contributed by atoms with Gasteiger partial charge >= 0.3 is 0 Å². The fourth-order valence-corrected chi connectivity index (χ4v) is 5.57. The van der Waals surface area contributed by atoms with Crippen molar-refractivity contribution in [3.8, 4) is 0 Å². The van der Waals surface area contributed by atoms with E-state index in [1.807, 2.05) is 0 Å². The average Bonchev–Trinajstić information content (AvgIpc) is 3.09. The van der Waals surface area contributed by atoms with Crippen molar-refractivity contribution in [3.63, 3.8) is 0 Å². The van der Waals surface area contributed by atoms with E-state index in [1.165, 1.54) is 32.1 Å². The molecule has 3 rings (SSSR count). The smallest absolute Gasteiger partial charge is 0.0103 e. The van der Waals surface area contributed by atoms with Crippen LogP contribution in [-0.2, 0) is 0 Å². The van der Waals surface area contributed by atoms with Gasteiger partial charge in [0.2, 0.25) is 0 Å². The molecule has 3 aliphatic rings. The van der Waals surface area contributed by atoms with Crippen molar-refractivity contribution in [2.45, 2.75) is 84.2 Å². The summed E-state index contributed by atoms with van der Waals surface area (Å²) < 4.78 is 0. The van der Waals surface area contributed by atoms with Crippen LogP contribution in [0.3, 0.4) is 0 Å². The number of rotatable bonds is 6. The van der Waals surface area contributed by atoms with Crippen molar-refractivity contribution in [2.24, 2.45) is 29.6 Å². The molecule has 3 fully saturated rings. The first-order valence-electron chi connectivity index (χ1n) is 8.98. The SMILES string of the molecule is CCC(C)CC(CC)NC1CC2CC1C1CCCC21. The molecule has 7 atom stereocenters. The van der Waals surface area contributed by atoms with Gasteiger partial charge in [-0.05, 0) is 68.1 Å². The summed E-state index contributed by atoms with van der Waals surface area (Å²) in [4.78, 5) is 0. The van der Waals surface area contributed by atoms with Crippen molar-refractivity contribution in [2.75, 3.05) is 0 Å². The Morgan fingerprint density at radius 3 is 2.53 bits per heavy atom. The molecular formula is C18H33N. The molecule has 19 heavy (non-hydrogen) atoms. The minimum absolute atomic E-state index is 0.777. The Hall–Kier alpha value is -0.0400. The van der Waals surface area contributed by atoms with E-state index in [9.17, 15) is 0 Å². The van der Waals surface area contributed by atoms with Crippen molar-refractivity contribution in [1.82, 2.24) is 5.32 Å². The Morgan fingerprint density at radius 2 is 1.79 bits per heavy atom. The van der Waals surface area contributed by atoms with Crippen LogP contribution >= 0.6 is 0 Å². The van der Waals surface area contributed by atoms with Crippen LogP contribution in [-0.4, -0.2) is 12.1 Å². The Kier molecular flexibility index (Phi) is 4.22. The molecular weight excluding hydrogens is 230 g/mol. The molecule has 1 N–H and O–H groups in total. The molecule has 0 aliphatic heterocycles. The topological polar surface area (TPSA) is 12.0 Å². The molecule has 1 nitrogen and oxygen atoms in total. The molecule has 0 radical (unpaired) electrons. The van der Waals surface area contributed by atoms with Gasteiger partial charge in [-0.3, -0.25) is 0 Å². The number of nitrogens with one attached hydrogen (secondary N) is 1. The van der Waals surface area contributed by atoms with E-state index < -0.39 is 0 Å². The highest BCUT2D eigenvalue weighted by Crippen LogP contribution is 2.58. The lowest BCUT2D eigenvalue weighted by Gasteiger charge is -2.35. The summed E-state index contributed by atoms with van der Waals surface area (Å²) in [5.41, 5.74) is 0. The van der Waals surface area contributed by atoms with E-state index in [2.05, 4.69) is 26.1 Å². The number of fused-ring (bicyclic) bond motifs is 5. The van der Waals surface area contributed by atoms with Gasteiger partial charge in [-0.25, -0.2) is 0 Å². The quantitative estimate of drug-likeness (QED) is 0.737. The normalized spacial score (nSPS) is 43.4. The summed E-state index contributed by atoms with van der Waals surface area (Å²) in [5, 5.41) is 4.07. The Labute approximate surface area is 119 Å². The van der Waals surface area contributed by atoms with Gasteiger partial charge in [0.1, 0.15) is 0 Å². The van der Waals surface area contributed by atoms with Crippen LogP contribution in [0.4, 0.5) is 0 Å². The van der Waals surface area contributed by atoms with Crippen molar-refractivity contribution < 1.29 is 0 Å². The first-order valence-corrected chi connectivity index (χ1v) is 8.98. The van der Waals surface area contributed by atoms with Crippen LogP contribution in [0.15, 0.2) is 0 Å². The first-order chi connectivity index (χ1) is 9.22. The third-order valence-electron chi connectivity index (χ3n) is 6.76. The van der Waals surface area contributed by atoms with Crippen LogP contribution in [0.5, 0.6) is 0 Å². The predicted molar refractivity (Wildman–Crippen MR) is 82.1 cm³/mol. The Balaban J connectivity index is 1.56. The van der Waals surface area contributed by atoms with Gasteiger partial charge in [0, 0.05) is 12.1 Å². The van der Waals surface area contributed by atoms with Crippen LogP contribution in [0.25, 0.3) is 0 Å². The second-order valence-electron chi connectivity index (χ2n) is 7.78. The highest BCUT2D eigenvalue weighted by atomic mass is 15.0. The standard InChI is InChI=1S/C18H33N/c1-4-12(3)9-14(5-2)19-18-11-13-10-17(18)16-8-6-7-15(13)16/h12-19H,4-11H2,1-3H3. The van der Waals surface area contributed by atoms with E-state index in [-0.39, 0.29) is 0 Å². The van der Waals surface area contributed by atoms with Crippen LogP contribution in [0.1, 0.15) is 72.1 Å². The zero-order valence-electron chi connectivity index (χ0n) is 13.2. The summed E-state index contributed by atoms with van der Waals surface area (Å²) in [6.07, 6.45) is 11.7. The average molecular weight is 263 g/mol. The molecule has 110 valence electrons. The third-order valence-corrected chi connectivity index (χ3v) is 6.76. The molecule has 0 saturated heterocycles. The second kappa shape index (κ2) is 5.76. The highest BCUT2D eigenvalue weighted by molar-refractivity contribution is 5.06. The molecule has 0 spiro atoms. The number of hydrogen-bond acceptors (Lipinski definition) is 1. The largest absolute Gasteiger partial charge is 0.311 e. The maximum Gasteiger partial charge on any atom is 0.0103 e. The van der Waals surface area contributed by atoms with Gasteiger partial charge in [0.05, 0.1) is 0 Å². The summed E-state index contributed by atoms with van der Waals surface area (Å²) in [7, 11) is 0. The molecule has 0 amide bonds. The van der Waals surface area contributed by atoms with Crippen molar-refractivity contribution in [1.29, 1.82) is 0 Å². The molecule has 0 aromatic carbocycles. The maximum absolute atomic E-state index is 4.07. The second-order valence-corrected chi connectivity index (χ2v) is 7.78. The molecule has 0 aromatic rings. The van der Waals surface area contributed by atoms with E-state index in [1.54, 1.807) is 19.3 Å². The fourth-order valence-electron chi connectivity index (χ4n) is 5.57. The van der Waals surface area contributed by atoms with Gasteiger partial charge in [-0.2, -0.15) is 0 Å². The molecule has 0 aromatic heterocycles. The zero-order chi connectivity index (χ0) is 13.4. The summed E-state index contributed by atoms with van der Waals surface area (Å²) >= 11 is 0. The monoisotopic (exact) mass is 263 g/mol. The van der Waals surface area contributed by atoms with E-state index in [0.717, 1.165) is 41.7 Å². The summed E-state index contributed by atoms with van der Waals surface area (Å²) in [6.45, 7) is 7.11. The van der Waals surface area contributed by atoms with Gasteiger partial charge in [0.25, 0.3) is 0 Å². The molecule has 1 heteroatoms. The highest BCUT2D eigenvalue weighted by Gasteiger charge is 2.53. The predicted octanol–water partition coefficient (Wildman–Crippen LogP) is 4.62. The minimum Gasteiger partial charge on any atom is -0.311 e. The van der Waals surface area contributed by atoms with E-state index in [0.29, 0.717) is 0 Å². The van der Waals surface area contributed by atoms with Gasteiger partial charge in [-0.15, -0.1) is 0 Å². The lowest BCUT2D eigenvalue weighted by molar-refractivity contribution is 0.190. The molecule has 0 heterocycles. The lowest BCUT2D eigenvalue weighted by atomic mass is 9.78. The van der Waals surface area contributed by atoms with Crippen LogP contribution in [0.2, 0.25) is 0 Å². The summed E-state index contributed by atoms with van der Waals surface area (Å²) in [5.74, 6) is 5.27. The summed E-state index contributed by atoms with van der Waals surface area (Å²) in [6, 6.07) is 1.65. The number of hydrogen-bond donors (Lipinski definition) is 1. The Bertz CT molecular complexity index is 300. The van der Waals surface area contributed by atoms with E-state index in [4.69, 9.17) is 0 Å². The van der Waals surface area contributed by atoms with Crippen molar-refractivity contribution >= 4 is 0 Å². The molecule has 2 bridgehead atoms. The van der Waals surface area contributed by atoms with Gasteiger partial charge < -0.3 is 5.32 Å². The third kappa shape index (κ3) is 2.60. The van der Waals surface area contributed by atoms with Gasteiger partial charge in [0.15, 0.2) is 0 Å². The lowest BCUT2D eigenvalue weighted by Crippen LogP contribution is -2.45. The maximum atomic E-state index is 4.07. The molecule has 3 saturated carbocycles. The van der Waals surface area contributed by atoms with Crippen LogP contribution < -0.4 is 5.32 Å². The Morgan fingerprint density at radius 1 is 1.00 bits per heavy atom. The van der Waals surface area contributed by atoms with E-state index >= 15 is 0 Å². The molecule has 3 aliphatic carbocycles. The van der Waals surface area contributed by atoms with Gasteiger partial charge in [-0.1, -0.05) is 33.6 Å². The zero-order valence-corrected chi connectivity index (χ0v) is 13.2. The van der Waals surface area contributed by atoms with Crippen molar-refractivity contribution in [3.05, 3.63) is 0 Å². The first kappa shape index (κ1) is 13.9. The fraction of sp³-hybridized carbons (Fsp3) is 1.00. The molecule has 7 unspecified atom stereocenters. The minimum atomic E-state index is 0.777.